The summed E-state index contributed by atoms with van der Waals surface area (Å²) in [6.07, 6.45) is 1.84. The maximum Gasteiger partial charge on any atom is 0.449 e. The minimum absolute atomic E-state index is 0.0753. The number of aliphatic hydroxyl groups excluding tert-OH is 1. The Kier molecular flexibility index (Phi) is 5.15. The van der Waals surface area contributed by atoms with Crippen LogP contribution in [0.3, 0.4) is 0 Å². The fourth-order valence-electron chi connectivity index (χ4n) is 1.56. The summed E-state index contributed by atoms with van der Waals surface area (Å²) in [6, 6.07) is 14.2. The van der Waals surface area contributed by atoms with Gasteiger partial charge in [0, 0.05) is 17.3 Å². The van der Waals surface area contributed by atoms with E-state index < -0.39 is 0 Å². The van der Waals surface area contributed by atoms with Crippen molar-refractivity contribution in [2.75, 3.05) is 11.6 Å². The summed E-state index contributed by atoms with van der Waals surface area (Å²) in [4.78, 5) is 2.83. The molecule has 0 saturated heterocycles. The molecule has 0 aliphatic rings. The highest BCUT2D eigenvalue weighted by molar-refractivity contribution is 7.94. The predicted octanol–water partition coefficient (Wildman–Crippen LogP) is 2.74. The van der Waals surface area contributed by atoms with Gasteiger partial charge in [-0.2, -0.15) is 0 Å². The van der Waals surface area contributed by atoms with E-state index in [1.54, 1.807) is 30.3 Å². The Labute approximate surface area is 126 Å². The van der Waals surface area contributed by atoms with Gasteiger partial charge in [-0.1, -0.05) is 17.7 Å². The molecule has 20 heavy (non-hydrogen) atoms. The number of halogens is 1. The second kappa shape index (κ2) is 7.07. The molecular weight excluding hydrogens is 296 g/mol. The molecule has 0 atom stereocenters. The lowest BCUT2D eigenvalue weighted by Crippen LogP contribution is -2.68. The Morgan fingerprint density at radius 1 is 1.25 bits per heavy atom. The maximum absolute atomic E-state index is 9.86. The van der Waals surface area contributed by atoms with E-state index >= 15 is 0 Å². The van der Waals surface area contributed by atoms with Crippen molar-refractivity contribution >= 4 is 41.0 Å². The molecule has 0 spiro atoms. The number of hydrogen-bond acceptors (Lipinski definition) is 2. The van der Waals surface area contributed by atoms with Crippen molar-refractivity contribution in [3.63, 3.8) is 0 Å². The first kappa shape index (κ1) is 14.6. The van der Waals surface area contributed by atoms with Crippen LogP contribution in [0.5, 0.6) is 5.75 Å². The van der Waals surface area contributed by atoms with Crippen LogP contribution in [-0.2, 0) is 0 Å². The molecule has 4 nitrogen and oxygen atoms in total. The number of rotatable bonds is 4. The summed E-state index contributed by atoms with van der Waals surface area (Å²) in [5, 5.41) is 13.3. The largest absolute Gasteiger partial charge is 0.449 e. The molecule has 0 amide bonds. The van der Waals surface area contributed by atoms with Gasteiger partial charge >= 0.3 is 6.02 Å². The molecule has 0 aromatic heterocycles. The van der Waals surface area contributed by atoms with Crippen molar-refractivity contribution in [1.82, 2.24) is 0 Å². The molecule has 2 rings (SSSR count). The predicted molar refractivity (Wildman–Crippen MR) is 83.9 cm³/mol. The van der Waals surface area contributed by atoms with Crippen LogP contribution < -0.4 is 14.5 Å². The molecule has 0 unspecified atom stereocenters. The number of aliphatic hydroxyl groups is 1. The monoisotopic (exact) mass is 309 g/mol. The van der Waals surface area contributed by atoms with Gasteiger partial charge in [0.05, 0.1) is 12.0 Å². The van der Waals surface area contributed by atoms with Crippen molar-refractivity contribution < 1.29 is 14.3 Å². The molecule has 0 bridgehead atoms. The van der Waals surface area contributed by atoms with Gasteiger partial charge in [-0.05, 0) is 36.4 Å². The molecule has 0 heterocycles. The van der Waals surface area contributed by atoms with E-state index in [1.807, 2.05) is 24.5 Å². The number of anilines is 1. The zero-order chi connectivity index (χ0) is 14.4. The minimum atomic E-state index is -0.0753. The van der Waals surface area contributed by atoms with Crippen LogP contribution >= 0.6 is 23.6 Å². The SMILES string of the molecule is CSOc1cccc(NC(O)=[NH+]c2ccc(Cl)cc2)c1. The second-order valence-corrected chi connectivity index (χ2v) is 4.82. The molecule has 104 valence electrons. The highest BCUT2D eigenvalue weighted by Crippen LogP contribution is 2.19. The van der Waals surface area contributed by atoms with Crippen LogP contribution in [0.4, 0.5) is 11.4 Å². The normalized spacial score (nSPS) is 11.2. The summed E-state index contributed by atoms with van der Waals surface area (Å²) in [7, 11) is 0. The van der Waals surface area contributed by atoms with Gasteiger partial charge in [-0.15, -0.1) is 0 Å². The lowest BCUT2D eigenvalue weighted by atomic mass is 10.3. The van der Waals surface area contributed by atoms with Gasteiger partial charge in [0.2, 0.25) is 0 Å². The topological polar surface area (TPSA) is 55.5 Å². The first-order valence-corrected chi connectivity index (χ1v) is 7.36. The highest BCUT2D eigenvalue weighted by atomic mass is 35.5. The van der Waals surface area contributed by atoms with E-state index in [0.717, 1.165) is 11.4 Å². The van der Waals surface area contributed by atoms with Crippen LogP contribution in [0.1, 0.15) is 0 Å². The maximum atomic E-state index is 9.86. The van der Waals surface area contributed by atoms with E-state index in [-0.39, 0.29) is 6.02 Å². The van der Waals surface area contributed by atoms with Crippen molar-refractivity contribution in [3.8, 4) is 5.75 Å². The Morgan fingerprint density at radius 2 is 2.00 bits per heavy atom. The standard InChI is InChI=1S/C14H13ClN2O2S/c1-20-19-13-4-2-3-12(9-13)17-14(18)16-11-7-5-10(15)6-8-11/h2-9H,1H3,(H2,16,17,18)/p+1. The third kappa shape index (κ3) is 4.36. The quantitative estimate of drug-likeness (QED) is 0.462. The fraction of sp³-hybridized carbons (Fsp3) is 0.0714. The number of nitrogens with one attached hydrogen (secondary N) is 2. The third-order valence-corrected chi connectivity index (χ3v) is 2.99. The minimum Gasteiger partial charge on any atom is -0.447 e. The van der Waals surface area contributed by atoms with Gasteiger partial charge in [0.25, 0.3) is 0 Å². The van der Waals surface area contributed by atoms with E-state index in [1.165, 1.54) is 12.0 Å². The van der Waals surface area contributed by atoms with Crippen molar-refractivity contribution in [2.24, 2.45) is 0 Å². The van der Waals surface area contributed by atoms with Gasteiger partial charge in [-0.25, -0.2) is 10.3 Å². The second-order valence-electron chi connectivity index (χ2n) is 3.88. The van der Waals surface area contributed by atoms with E-state index in [2.05, 4.69) is 10.3 Å². The molecular formula is C14H14ClN2O2S+. The van der Waals surface area contributed by atoms with Gasteiger partial charge in [0.15, 0.2) is 0 Å². The molecule has 0 aliphatic heterocycles. The Balaban J connectivity index is 2.08. The molecule has 6 heteroatoms. The lowest BCUT2D eigenvalue weighted by Gasteiger charge is -2.02. The molecule has 0 fully saturated rings. The summed E-state index contributed by atoms with van der Waals surface area (Å²) in [6.45, 7) is 0. The summed E-state index contributed by atoms with van der Waals surface area (Å²) in [5.74, 6) is 0.710. The van der Waals surface area contributed by atoms with E-state index in [9.17, 15) is 5.11 Å². The highest BCUT2D eigenvalue weighted by Gasteiger charge is 2.07. The van der Waals surface area contributed by atoms with Crippen molar-refractivity contribution in [2.45, 2.75) is 0 Å². The van der Waals surface area contributed by atoms with E-state index in [0.29, 0.717) is 10.8 Å². The van der Waals surface area contributed by atoms with Gasteiger partial charge in [0.1, 0.15) is 17.1 Å². The number of amidine groups is 1. The molecule has 0 saturated carbocycles. The number of benzene rings is 2. The average molecular weight is 310 g/mol. The Bertz CT molecular complexity index is 602. The Hall–Kier alpha value is -1.85. The van der Waals surface area contributed by atoms with Gasteiger partial charge in [-0.3, -0.25) is 0 Å². The van der Waals surface area contributed by atoms with Crippen LogP contribution in [-0.4, -0.2) is 17.4 Å². The lowest BCUT2D eigenvalue weighted by molar-refractivity contribution is -0.365. The van der Waals surface area contributed by atoms with Gasteiger partial charge < -0.3 is 9.29 Å². The van der Waals surface area contributed by atoms with Crippen LogP contribution in [0.25, 0.3) is 0 Å². The third-order valence-electron chi connectivity index (χ3n) is 2.38. The van der Waals surface area contributed by atoms with Crippen LogP contribution in [0.2, 0.25) is 5.02 Å². The summed E-state index contributed by atoms with van der Waals surface area (Å²) < 4.78 is 5.31. The summed E-state index contributed by atoms with van der Waals surface area (Å²) >= 11 is 7.06. The zero-order valence-corrected chi connectivity index (χ0v) is 12.3. The average Bonchev–Trinajstić information content (AvgIpc) is 2.42. The van der Waals surface area contributed by atoms with Crippen LogP contribution in [0.15, 0.2) is 48.5 Å². The van der Waals surface area contributed by atoms with E-state index in [4.69, 9.17) is 15.8 Å². The van der Waals surface area contributed by atoms with Crippen molar-refractivity contribution in [1.29, 1.82) is 0 Å². The van der Waals surface area contributed by atoms with Crippen LogP contribution in [0, 0.1) is 0 Å². The molecule has 3 N–H and O–H groups in total. The molecule has 2 aromatic rings. The zero-order valence-electron chi connectivity index (χ0n) is 10.8. The molecule has 0 radical (unpaired) electrons. The Morgan fingerprint density at radius 3 is 2.70 bits per heavy atom. The molecule has 0 aliphatic carbocycles. The summed E-state index contributed by atoms with van der Waals surface area (Å²) in [5.41, 5.74) is 1.45. The van der Waals surface area contributed by atoms with Crippen molar-refractivity contribution in [3.05, 3.63) is 53.6 Å². The first-order valence-electron chi connectivity index (χ1n) is 5.83. The fourth-order valence-corrected chi connectivity index (χ4v) is 1.98. The smallest absolute Gasteiger partial charge is 0.447 e. The first-order chi connectivity index (χ1) is 9.67. The number of hydrogen-bond donors (Lipinski definition) is 3. The molecule has 2 aromatic carbocycles.